The zero-order chi connectivity index (χ0) is 36.1. The summed E-state index contributed by atoms with van der Waals surface area (Å²) in [5.41, 5.74) is 4.17. The Balaban J connectivity index is 0.000000191. The van der Waals surface area contributed by atoms with Crippen LogP contribution in [0.2, 0.25) is 0 Å². The van der Waals surface area contributed by atoms with Crippen molar-refractivity contribution in [2.45, 2.75) is 32.6 Å². The van der Waals surface area contributed by atoms with Gasteiger partial charge in [-0.15, -0.1) is 43.1 Å². The number of nitrogens with zero attached hydrogens (tertiary/aromatic N) is 12. The Morgan fingerprint density at radius 2 is 0.981 bits per heavy atom. The summed E-state index contributed by atoms with van der Waals surface area (Å²) in [4.78, 5) is 39.4. The van der Waals surface area contributed by atoms with E-state index in [9.17, 15) is 0 Å². The molecular weight excluding hydrogens is 853 g/mol. The molecule has 3 aliphatic rings. The van der Waals surface area contributed by atoms with Gasteiger partial charge in [0.2, 0.25) is 0 Å². The summed E-state index contributed by atoms with van der Waals surface area (Å²) in [6, 6.07) is 31.9. The monoisotopic (exact) mass is 891 g/mol. The Morgan fingerprint density at radius 1 is 0.537 bits per heavy atom. The maximum atomic E-state index is 4.58. The molecule has 1 radical (unpaired) electrons. The molecule has 6 aromatic rings. The van der Waals surface area contributed by atoms with Gasteiger partial charge >= 0.3 is 0 Å². The minimum atomic E-state index is 0. The predicted molar refractivity (Wildman–Crippen MR) is 208 cm³/mol. The third-order valence-electron chi connectivity index (χ3n) is 9.04. The number of para-hydroxylation sites is 2. The second-order valence-corrected chi connectivity index (χ2v) is 12.9. The van der Waals surface area contributed by atoms with Crippen LogP contribution in [0.15, 0.2) is 104 Å². The van der Waals surface area contributed by atoms with Gasteiger partial charge in [-0.1, -0.05) is 19.8 Å². The number of unbranched alkanes of at least 4 members (excludes halogenated alkanes) is 1. The molecule has 12 nitrogen and oxygen atoms in total. The van der Waals surface area contributed by atoms with Crippen molar-refractivity contribution in [3.63, 3.8) is 0 Å². The molecular formula is C41H38IrN12-6. The van der Waals surface area contributed by atoms with Gasteiger partial charge in [0.05, 0.1) is 0 Å². The molecule has 0 amide bonds. The van der Waals surface area contributed by atoms with Gasteiger partial charge in [-0.3, -0.25) is 0 Å². The summed E-state index contributed by atoms with van der Waals surface area (Å²) in [6.07, 6.45) is 12.3. The molecule has 0 spiro atoms. The summed E-state index contributed by atoms with van der Waals surface area (Å²) in [7, 11) is 1.97. The summed E-state index contributed by atoms with van der Waals surface area (Å²) < 4.78 is 0. The topological polar surface area (TPSA) is 96.8 Å². The Morgan fingerprint density at radius 3 is 1.43 bits per heavy atom. The average Bonchev–Trinajstić information content (AvgIpc) is 3.89. The molecule has 3 aromatic carbocycles. The van der Waals surface area contributed by atoms with Crippen LogP contribution in [0, 0.1) is 38.2 Å². The minimum Gasteiger partial charge on any atom is -0.487 e. The fourth-order valence-corrected chi connectivity index (χ4v) is 6.34. The van der Waals surface area contributed by atoms with Crippen LogP contribution in [0.1, 0.15) is 38.2 Å². The van der Waals surface area contributed by atoms with Crippen LogP contribution in [-0.4, -0.2) is 50.0 Å². The average molecular weight is 891 g/mol. The molecule has 54 heavy (non-hydrogen) atoms. The maximum Gasteiger partial charge on any atom is 0.143 e. The van der Waals surface area contributed by atoms with Crippen molar-refractivity contribution in [3.8, 4) is 0 Å². The summed E-state index contributed by atoms with van der Waals surface area (Å²) >= 11 is 0. The zero-order valence-electron chi connectivity index (χ0n) is 30.2. The molecule has 0 saturated heterocycles. The van der Waals surface area contributed by atoms with Crippen LogP contribution in [0.3, 0.4) is 0 Å². The second-order valence-electron chi connectivity index (χ2n) is 12.9. The van der Waals surface area contributed by atoms with Crippen LogP contribution < -0.4 is 29.4 Å². The molecule has 6 heterocycles. The van der Waals surface area contributed by atoms with Crippen LogP contribution >= 0.6 is 0 Å². The molecule has 0 fully saturated rings. The van der Waals surface area contributed by atoms with E-state index in [1.165, 1.54) is 5.56 Å². The van der Waals surface area contributed by atoms with Gasteiger partial charge in [-0.2, -0.15) is 84.4 Å². The number of benzene rings is 3. The largest absolute Gasteiger partial charge is 0.487 e. The van der Waals surface area contributed by atoms with Crippen molar-refractivity contribution in [2.75, 3.05) is 49.5 Å². The van der Waals surface area contributed by atoms with Gasteiger partial charge < -0.3 is 29.4 Å². The summed E-state index contributed by atoms with van der Waals surface area (Å²) in [5, 5.41) is 0. The van der Waals surface area contributed by atoms with Crippen molar-refractivity contribution in [3.05, 3.63) is 148 Å². The van der Waals surface area contributed by atoms with E-state index < -0.39 is 0 Å². The van der Waals surface area contributed by atoms with Crippen molar-refractivity contribution < 1.29 is 20.1 Å². The van der Waals surface area contributed by atoms with E-state index in [1.54, 1.807) is 37.2 Å². The van der Waals surface area contributed by atoms with Crippen LogP contribution in [0.25, 0.3) is 0 Å². The first-order valence-corrected chi connectivity index (χ1v) is 17.6. The fraction of sp³-hybridized carbons (Fsp3) is 0.195. The van der Waals surface area contributed by atoms with Crippen molar-refractivity contribution in [1.82, 2.24) is 29.9 Å². The summed E-state index contributed by atoms with van der Waals surface area (Å²) in [5.74, 6) is 5.63. The van der Waals surface area contributed by atoms with Gasteiger partial charge in [0.25, 0.3) is 0 Å². The standard InChI is InChI=1S/C26H22N8.C15H16N4.Ir/c1-3-9-21(10-4-1)33-19-31(23-25(33)29-15-13-27-23)17-7-8-18-32-20-34(22-11-5-2-6-12-22)26-24(32)28-14-16-30-26;1-11(2)12-4-6-13(7-5-12)19-10-18(3)14-15(19)17-9-8-16-14;/h1-6,9,11,13-16,19-20H,7-8,17-18H2;4-6,8-11H,1-3H3;/q-4;-2;. The Kier molecular flexibility index (Phi) is 11.3. The van der Waals surface area contributed by atoms with Crippen LogP contribution in [0.4, 0.5) is 52.0 Å². The zero-order valence-corrected chi connectivity index (χ0v) is 32.5. The second kappa shape index (κ2) is 16.6. The fourth-order valence-electron chi connectivity index (χ4n) is 6.34. The van der Waals surface area contributed by atoms with E-state index in [-0.39, 0.29) is 20.1 Å². The van der Waals surface area contributed by atoms with E-state index in [1.807, 2.05) is 87.9 Å². The van der Waals surface area contributed by atoms with Crippen LogP contribution in [0.5, 0.6) is 0 Å². The number of fused-ring (bicyclic) bond motifs is 3. The van der Waals surface area contributed by atoms with Gasteiger partial charge in [-0.05, 0) is 33.0 Å². The number of hydrogen-bond acceptors (Lipinski definition) is 12. The molecule has 0 saturated carbocycles. The van der Waals surface area contributed by atoms with E-state index in [0.717, 1.165) is 77.9 Å². The molecule has 3 aliphatic heterocycles. The molecule has 0 N–H and O–H groups in total. The quantitative estimate of drug-likeness (QED) is 0.106. The van der Waals surface area contributed by atoms with Crippen LogP contribution in [-0.2, 0) is 20.1 Å². The van der Waals surface area contributed by atoms with E-state index in [4.69, 9.17) is 0 Å². The van der Waals surface area contributed by atoms with Gasteiger partial charge in [0.15, 0.2) is 0 Å². The molecule has 0 aliphatic carbocycles. The first-order chi connectivity index (χ1) is 26.0. The SMILES string of the molecule is CC(C)c1c[c-]c(N2[CH-]N(C)c3nccnc32)cc1.[Ir].[c-]1ccccc1N1[CH-]N(CCCCN2[CH-]N(c3[c-]cccc3)c3nccnc32)c2nccnc21. The first kappa shape index (κ1) is 36.7. The van der Waals surface area contributed by atoms with Gasteiger partial charge in [0.1, 0.15) is 34.9 Å². The third kappa shape index (κ3) is 7.55. The van der Waals surface area contributed by atoms with Crippen molar-refractivity contribution >= 4 is 52.0 Å². The van der Waals surface area contributed by atoms with E-state index >= 15 is 0 Å². The molecule has 0 atom stereocenters. The van der Waals surface area contributed by atoms with Crippen molar-refractivity contribution in [1.29, 1.82) is 0 Å². The maximum absolute atomic E-state index is 4.58. The number of aromatic nitrogens is 6. The molecule has 13 heteroatoms. The Bertz CT molecular complexity index is 2020. The number of rotatable bonds is 9. The normalized spacial score (nSPS) is 14.1. The Hall–Kier alpha value is -5.65. The molecule has 9 rings (SSSR count). The smallest absolute Gasteiger partial charge is 0.143 e. The third-order valence-corrected chi connectivity index (χ3v) is 9.04. The van der Waals surface area contributed by atoms with E-state index in [0.29, 0.717) is 5.92 Å². The number of hydrogen-bond donors (Lipinski definition) is 0. The minimum absolute atomic E-state index is 0. The molecule has 3 aromatic heterocycles. The van der Waals surface area contributed by atoms with Gasteiger partial charge in [-0.25, -0.2) is 29.9 Å². The van der Waals surface area contributed by atoms with Gasteiger partial charge in [0, 0.05) is 57.3 Å². The molecule has 277 valence electrons. The van der Waals surface area contributed by atoms with E-state index in [2.05, 4.69) is 97.2 Å². The Labute approximate surface area is 330 Å². The van der Waals surface area contributed by atoms with Crippen molar-refractivity contribution in [2.24, 2.45) is 0 Å². The number of anilines is 9. The predicted octanol–water partition coefficient (Wildman–Crippen LogP) is 7.61. The summed E-state index contributed by atoms with van der Waals surface area (Å²) in [6.45, 7) is 12.1. The first-order valence-electron chi connectivity index (χ1n) is 17.6. The molecule has 0 bridgehead atoms. The molecule has 0 unspecified atom stereocenters.